The van der Waals surface area contributed by atoms with E-state index in [1.807, 2.05) is 0 Å². The number of cyclic esters (lactones) is 1. The molecule has 0 unspecified atom stereocenters. The van der Waals surface area contributed by atoms with Crippen LogP contribution in [0.2, 0.25) is 0 Å². The van der Waals surface area contributed by atoms with Gasteiger partial charge in [-0.3, -0.25) is 9.69 Å². The lowest BCUT2D eigenvalue weighted by molar-refractivity contribution is 0.102. The Hall–Kier alpha value is -3.22. The number of carbonyl (C=O) groups is 2. The van der Waals surface area contributed by atoms with E-state index < -0.39 is 6.09 Å². The van der Waals surface area contributed by atoms with Crippen molar-refractivity contribution in [3.8, 4) is 11.5 Å². The number of ether oxygens (including phenoxy) is 3. The van der Waals surface area contributed by atoms with E-state index in [1.54, 1.807) is 42.5 Å². The summed E-state index contributed by atoms with van der Waals surface area (Å²) in [5.74, 6) is 0.694. The molecule has 0 aliphatic carbocycles. The minimum atomic E-state index is -0.426. The molecule has 25 heavy (non-hydrogen) atoms. The van der Waals surface area contributed by atoms with Gasteiger partial charge < -0.3 is 19.5 Å². The van der Waals surface area contributed by atoms with Crippen LogP contribution in [-0.2, 0) is 4.74 Å². The van der Waals surface area contributed by atoms with Crippen LogP contribution in [0.15, 0.2) is 42.5 Å². The molecular formula is C18H18N2O5. The van der Waals surface area contributed by atoms with Gasteiger partial charge >= 0.3 is 6.09 Å². The Kier molecular flexibility index (Phi) is 4.74. The fourth-order valence-corrected chi connectivity index (χ4v) is 2.56. The van der Waals surface area contributed by atoms with Gasteiger partial charge in [-0.15, -0.1) is 0 Å². The van der Waals surface area contributed by atoms with Gasteiger partial charge in [-0.25, -0.2) is 4.79 Å². The zero-order valence-corrected chi connectivity index (χ0v) is 13.9. The van der Waals surface area contributed by atoms with E-state index in [0.29, 0.717) is 41.6 Å². The molecule has 0 radical (unpaired) electrons. The van der Waals surface area contributed by atoms with Crippen LogP contribution in [0.5, 0.6) is 11.5 Å². The number of rotatable bonds is 5. The Balaban J connectivity index is 1.88. The fraction of sp³-hybridized carbons (Fsp3) is 0.222. The number of hydrogen-bond acceptors (Lipinski definition) is 5. The van der Waals surface area contributed by atoms with E-state index in [2.05, 4.69) is 5.32 Å². The van der Waals surface area contributed by atoms with Crippen molar-refractivity contribution in [3.05, 3.63) is 48.0 Å². The summed E-state index contributed by atoms with van der Waals surface area (Å²) in [7, 11) is 3.04. The first kappa shape index (κ1) is 16.6. The molecule has 130 valence electrons. The summed E-state index contributed by atoms with van der Waals surface area (Å²) >= 11 is 0. The van der Waals surface area contributed by atoms with Gasteiger partial charge in [-0.2, -0.15) is 0 Å². The number of nitrogens with zero attached hydrogens (tertiary/aromatic N) is 1. The summed E-state index contributed by atoms with van der Waals surface area (Å²) in [4.78, 5) is 25.9. The first-order valence-corrected chi connectivity index (χ1v) is 7.70. The summed E-state index contributed by atoms with van der Waals surface area (Å²) in [6.45, 7) is 0.771. The predicted octanol–water partition coefficient (Wildman–Crippen LogP) is 2.91. The molecule has 7 heteroatoms. The molecule has 7 nitrogen and oxygen atoms in total. The summed E-state index contributed by atoms with van der Waals surface area (Å²) in [6.07, 6.45) is -0.426. The predicted molar refractivity (Wildman–Crippen MR) is 92.6 cm³/mol. The lowest BCUT2D eigenvalue weighted by Crippen LogP contribution is -2.25. The molecule has 1 heterocycles. The Bertz CT molecular complexity index is 784. The second-order valence-electron chi connectivity index (χ2n) is 5.34. The van der Waals surface area contributed by atoms with Crippen LogP contribution in [-0.4, -0.2) is 39.4 Å². The summed E-state index contributed by atoms with van der Waals surface area (Å²) in [6, 6.07) is 12.0. The summed E-state index contributed by atoms with van der Waals surface area (Å²) in [5, 5.41) is 2.83. The quantitative estimate of drug-likeness (QED) is 0.904. The van der Waals surface area contributed by atoms with Crippen LogP contribution in [0.4, 0.5) is 16.2 Å². The lowest BCUT2D eigenvalue weighted by atomic mass is 10.1. The molecular weight excluding hydrogens is 324 g/mol. The van der Waals surface area contributed by atoms with E-state index in [1.165, 1.54) is 19.1 Å². The maximum atomic E-state index is 12.6. The third-order valence-electron chi connectivity index (χ3n) is 3.82. The Morgan fingerprint density at radius 1 is 1.12 bits per heavy atom. The van der Waals surface area contributed by atoms with E-state index in [0.717, 1.165) is 0 Å². The van der Waals surface area contributed by atoms with Crippen molar-refractivity contribution in [2.75, 3.05) is 37.6 Å². The number of methoxy groups -OCH3 is 2. The van der Waals surface area contributed by atoms with Crippen LogP contribution < -0.4 is 19.7 Å². The minimum absolute atomic E-state index is 0.328. The van der Waals surface area contributed by atoms with Crippen molar-refractivity contribution in [2.24, 2.45) is 0 Å². The molecule has 2 aromatic carbocycles. The summed E-state index contributed by atoms with van der Waals surface area (Å²) < 4.78 is 15.3. The molecule has 0 aromatic heterocycles. The second kappa shape index (κ2) is 7.12. The largest absolute Gasteiger partial charge is 0.497 e. The number of anilines is 2. The average Bonchev–Trinajstić information content (AvgIpc) is 3.07. The highest BCUT2D eigenvalue weighted by atomic mass is 16.6. The second-order valence-corrected chi connectivity index (χ2v) is 5.34. The Morgan fingerprint density at radius 2 is 1.80 bits per heavy atom. The van der Waals surface area contributed by atoms with Gasteiger partial charge in [0.05, 0.1) is 32.1 Å². The molecule has 0 saturated carbocycles. The average molecular weight is 342 g/mol. The molecule has 1 aliphatic rings. The van der Waals surface area contributed by atoms with Crippen LogP contribution in [0.3, 0.4) is 0 Å². The van der Waals surface area contributed by atoms with E-state index in [4.69, 9.17) is 14.2 Å². The molecule has 1 saturated heterocycles. The van der Waals surface area contributed by atoms with Crippen LogP contribution >= 0.6 is 0 Å². The number of nitrogens with one attached hydrogen (secondary N) is 1. The normalized spacial score (nSPS) is 13.4. The third-order valence-corrected chi connectivity index (χ3v) is 3.82. The van der Waals surface area contributed by atoms with Crippen molar-refractivity contribution < 1.29 is 23.8 Å². The molecule has 1 aliphatic heterocycles. The number of amides is 2. The van der Waals surface area contributed by atoms with Crippen LogP contribution in [0.1, 0.15) is 10.4 Å². The number of para-hydroxylation sites is 2. The molecule has 0 atom stereocenters. The van der Waals surface area contributed by atoms with Gasteiger partial charge in [0, 0.05) is 11.6 Å². The molecule has 2 amide bonds. The zero-order chi connectivity index (χ0) is 17.8. The zero-order valence-electron chi connectivity index (χ0n) is 13.9. The minimum Gasteiger partial charge on any atom is -0.497 e. The maximum Gasteiger partial charge on any atom is 0.414 e. The highest BCUT2D eigenvalue weighted by molar-refractivity contribution is 6.07. The number of hydrogen-bond donors (Lipinski definition) is 1. The molecule has 2 aromatic rings. The van der Waals surface area contributed by atoms with Gasteiger partial charge in [0.15, 0.2) is 0 Å². The Morgan fingerprint density at radius 3 is 2.40 bits per heavy atom. The van der Waals surface area contributed by atoms with Gasteiger partial charge in [-0.05, 0) is 24.3 Å². The summed E-state index contributed by atoms with van der Waals surface area (Å²) in [5.41, 5.74) is 1.50. The van der Waals surface area contributed by atoms with Crippen molar-refractivity contribution >= 4 is 23.4 Å². The molecule has 1 fully saturated rings. The smallest absolute Gasteiger partial charge is 0.414 e. The highest BCUT2D eigenvalue weighted by Gasteiger charge is 2.26. The van der Waals surface area contributed by atoms with E-state index in [-0.39, 0.29) is 5.91 Å². The molecule has 0 spiro atoms. The molecule has 3 rings (SSSR count). The number of benzene rings is 2. The molecule has 0 bridgehead atoms. The molecule has 1 N–H and O–H groups in total. The highest BCUT2D eigenvalue weighted by Crippen LogP contribution is 2.29. The van der Waals surface area contributed by atoms with E-state index in [9.17, 15) is 9.59 Å². The van der Waals surface area contributed by atoms with Crippen LogP contribution in [0, 0.1) is 0 Å². The standard InChI is InChI=1S/C18H18N2O5/c1-23-13-9-12(10-14(11-13)24-2)17(21)19-15-5-3-4-6-16(15)20-7-8-25-18(20)22/h3-6,9-11H,7-8H2,1-2H3,(H,19,21). The first-order chi connectivity index (χ1) is 12.1. The van der Waals surface area contributed by atoms with Gasteiger partial charge in [-0.1, -0.05) is 12.1 Å². The lowest BCUT2D eigenvalue weighted by Gasteiger charge is -2.18. The fourth-order valence-electron chi connectivity index (χ4n) is 2.56. The van der Waals surface area contributed by atoms with Crippen molar-refractivity contribution in [1.82, 2.24) is 0 Å². The van der Waals surface area contributed by atoms with Crippen LogP contribution in [0.25, 0.3) is 0 Å². The van der Waals surface area contributed by atoms with Crippen molar-refractivity contribution in [1.29, 1.82) is 0 Å². The Labute approximate surface area is 145 Å². The van der Waals surface area contributed by atoms with E-state index >= 15 is 0 Å². The van der Waals surface area contributed by atoms with Gasteiger partial charge in [0.25, 0.3) is 5.91 Å². The van der Waals surface area contributed by atoms with Gasteiger partial charge in [0.2, 0.25) is 0 Å². The monoisotopic (exact) mass is 342 g/mol. The third kappa shape index (κ3) is 3.50. The van der Waals surface area contributed by atoms with Gasteiger partial charge in [0.1, 0.15) is 18.1 Å². The van der Waals surface area contributed by atoms with Crippen molar-refractivity contribution in [3.63, 3.8) is 0 Å². The van der Waals surface area contributed by atoms with Crippen molar-refractivity contribution in [2.45, 2.75) is 0 Å². The number of carbonyl (C=O) groups excluding carboxylic acids is 2. The first-order valence-electron chi connectivity index (χ1n) is 7.70. The maximum absolute atomic E-state index is 12.6. The topological polar surface area (TPSA) is 77.1 Å². The SMILES string of the molecule is COc1cc(OC)cc(C(=O)Nc2ccccc2N2CCOC2=O)c1.